The van der Waals surface area contributed by atoms with E-state index >= 15 is 0 Å². The van der Waals surface area contributed by atoms with Crippen LogP contribution >= 0.6 is 0 Å². The molecule has 0 aliphatic carbocycles. The van der Waals surface area contributed by atoms with Crippen LogP contribution in [-0.2, 0) is 6.54 Å². The first-order valence-corrected chi connectivity index (χ1v) is 7.65. The Hall–Kier alpha value is -2.36. The molecule has 2 aromatic carbocycles. The number of azo groups is 1. The maximum atomic E-state index is 10.1. The zero-order valence-electron chi connectivity index (χ0n) is 13.5. The van der Waals surface area contributed by atoms with E-state index in [1.165, 1.54) is 0 Å². The number of benzene rings is 2. The molecule has 0 atom stereocenters. The zero-order chi connectivity index (χ0) is 15.9. The van der Waals surface area contributed by atoms with Crippen molar-refractivity contribution >= 4 is 11.4 Å². The second-order valence-corrected chi connectivity index (χ2v) is 5.22. The number of hydrogen-bond donors (Lipinski definition) is 1. The van der Waals surface area contributed by atoms with E-state index in [0.717, 1.165) is 35.6 Å². The fourth-order valence-corrected chi connectivity index (χ4v) is 2.35. The third-order valence-corrected chi connectivity index (χ3v) is 3.63. The number of rotatable bonds is 6. The zero-order valence-corrected chi connectivity index (χ0v) is 13.5. The van der Waals surface area contributed by atoms with Gasteiger partial charge in [0.15, 0.2) is 0 Å². The summed E-state index contributed by atoms with van der Waals surface area (Å²) in [5.74, 6) is 0.271. The summed E-state index contributed by atoms with van der Waals surface area (Å²) in [4.78, 5) is 2.19. The second-order valence-electron chi connectivity index (χ2n) is 5.22. The number of aryl methyl sites for hydroxylation is 1. The van der Waals surface area contributed by atoms with E-state index in [0.29, 0.717) is 6.54 Å². The number of phenolic OH excluding ortho intramolecular Hbond substituents is 1. The summed E-state index contributed by atoms with van der Waals surface area (Å²) in [6.07, 6.45) is 0. The molecule has 0 unspecified atom stereocenters. The van der Waals surface area contributed by atoms with Crippen LogP contribution in [0.15, 0.2) is 52.7 Å². The highest BCUT2D eigenvalue weighted by molar-refractivity contribution is 5.53. The SMILES string of the molecule is CCN(CC)c1ccc(CN=Nc2cccc(C)c2)c(O)c1. The van der Waals surface area contributed by atoms with Crippen LogP contribution in [0, 0.1) is 6.92 Å². The van der Waals surface area contributed by atoms with Crippen molar-refractivity contribution in [3.63, 3.8) is 0 Å². The lowest BCUT2D eigenvalue weighted by molar-refractivity contribution is 0.468. The van der Waals surface area contributed by atoms with E-state index in [-0.39, 0.29) is 5.75 Å². The van der Waals surface area contributed by atoms with Gasteiger partial charge in [0.25, 0.3) is 0 Å². The lowest BCUT2D eigenvalue weighted by atomic mass is 10.1. The summed E-state index contributed by atoms with van der Waals surface area (Å²) < 4.78 is 0. The minimum Gasteiger partial charge on any atom is -0.508 e. The van der Waals surface area contributed by atoms with Crippen LogP contribution in [-0.4, -0.2) is 18.2 Å². The van der Waals surface area contributed by atoms with Crippen molar-refractivity contribution < 1.29 is 5.11 Å². The van der Waals surface area contributed by atoms with Gasteiger partial charge in [0.05, 0.1) is 12.2 Å². The van der Waals surface area contributed by atoms with Crippen LogP contribution in [0.3, 0.4) is 0 Å². The van der Waals surface area contributed by atoms with Gasteiger partial charge in [0.2, 0.25) is 0 Å². The molecule has 0 spiro atoms. The van der Waals surface area contributed by atoms with Crippen molar-refractivity contribution in [2.75, 3.05) is 18.0 Å². The molecule has 0 heterocycles. The number of hydrogen-bond acceptors (Lipinski definition) is 4. The van der Waals surface area contributed by atoms with Gasteiger partial charge in [-0.25, -0.2) is 0 Å². The lowest BCUT2D eigenvalue weighted by Crippen LogP contribution is -2.21. The van der Waals surface area contributed by atoms with Crippen molar-refractivity contribution in [3.8, 4) is 5.75 Å². The predicted octanol–water partition coefficient (Wildman–Crippen LogP) is 4.83. The van der Waals surface area contributed by atoms with E-state index in [1.54, 1.807) is 6.07 Å². The Bertz CT molecular complexity index is 649. The summed E-state index contributed by atoms with van der Waals surface area (Å²) in [6.45, 7) is 8.44. The molecule has 0 amide bonds. The van der Waals surface area contributed by atoms with Crippen molar-refractivity contribution in [2.45, 2.75) is 27.3 Å². The summed E-state index contributed by atoms with van der Waals surface area (Å²) in [5.41, 5.74) is 3.80. The monoisotopic (exact) mass is 297 g/mol. The second kappa shape index (κ2) is 7.59. The molecule has 0 saturated heterocycles. The quantitative estimate of drug-likeness (QED) is 0.776. The van der Waals surface area contributed by atoms with Crippen LogP contribution in [0.25, 0.3) is 0 Å². The predicted molar refractivity (Wildman–Crippen MR) is 91.1 cm³/mol. The van der Waals surface area contributed by atoms with Crippen LogP contribution in [0.1, 0.15) is 25.0 Å². The number of phenols is 1. The molecule has 4 heteroatoms. The fraction of sp³-hybridized carbons (Fsp3) is 0.333. The molecule has 0 radical (unpaired) electrons. The van der Waals surface area contributed by atoms with E-state index in [1.807, 2.05) is 43.3 Å². The van der Waals surface area contributed by atoms with Gasteiger partial charge in [-0.3, -0.25) is 0 Å². The highest BCUT2D eigenvalue weighted by atomic mass is 16.3. The minimum atomic E-state index is 0.271. The molecular weight excluding hydrogens is 274 g/mol. The van der Waals surface area contributed by atoms with Gasteiger partial charge < -0.3 is 10.0 Å². The summed E-state index contributed by atoms with van der Waals surface area (Å²) in [7, 11) is 0. The average Bonchev–Trinajstić information content (AvgIpc) is 2.51. The Morgan fingerprint density at radius 2 is 1.82 bits per heavy atom. The molecule has 0 aromatic heterocycles. The molecule has 22 heavy (non-hydrogen) atoms. The van der Waals surface area contributed by atoms with Crippen LogP contribution in [0.4, 0.5) is 11.4 Å². The number of nitrogens with zero attached hydrogens (tertiary/aromatic N) is 3. The maximum Gasteiger partial charge on any atom is 0.122 e. The Morgan fingerprint density at radius 3 is 2.45 bits per heavy atom. The lowest BCUT2D eigenvalue weighted by Gasteiger charge is -2.21. The minimum absolute atomic E-state index is 0.271. The highest BCUT2D eigenvalue weighted by Crippen LogP contribution is 2.25. The molecule has 116 valence electrons. The summed E-state index contributed by atoms with van der Waals surface area (Å²) in [5, 5.41) is 18.5. The molecule has 0 saturated carbocycles. The molecule has 1 N–H and O–H groups in total. The smallest absolute Gasteiger partial charge is 0.122 e. The topological polar surface area (TPSA) is 48.2 Å². The number of aromatic hydroxyl groups is 1. The van der Waals surface area contributed by atoms with Gasteiger partial charge in [-0.15, -0.1) is 0 Å². The number of anilines is 1. The summed E-state index contributed by atoms with van der Waals surface area (Å²) >= 11 is 0. The van der Waals surface area contributed by atoms with Crippen molar-refractivity contribution in [3.05, 3.63) is 53.6 Å². The van der Waals surface area contributed by atoms with Crippen LogP contribution in [0.5, 0.6) is 5.75 Å². The van der Waals surface area contributed by atoms with Crippen molar-refractivity contribution in [1.29, 1.82) is 0 Å². The first-order valence-electron chi connectivity index (χ1n) is 7.65. The third kappa shape index (κ3) is 4.07. The Balaban J connectivity index is 2.07. The van der Waals surface area contributed by atoms with Gasteiger partial charge in [0, 0.05) is 30.4 Å². The highest BCUT2D eigenvalue weighted by Gasteiger charge is 2.06. The molecule has 0 aliphatic heterocycles. The Kier molecular flexibility index (Phi) is 5.53. The first-order chi connectivity index (χ1) is 10.6. The van der Waals surface area contributed by atoms with E-state index in [4.69, 9.17) is 0 Å². The van der Waals surface area contributed by atoms with Gasteiger partial charge >= 0.3 is 0 Å². The Morgan fingerprint density at radius 1 is 1.05 bits per heavy atom. The Labute approximate surface area is 132 Å². The fourth-order valence-electron chi connectivity index (χ4n) is 2.35. The third-order valence-electron chi connectivity index (χ3n) is 3.63. The molecule has 2 aromatic rings. The normalized spacial score (nSPS) is 11.0. The van der Waals surface area contributed by atoms with Crippen LogP contribution in [0.2, 0.25) is 0 Å². The van der Waals surface area contributed by atoms with Gasteiger partial charge in [-0.05, 0) is 44.5 Å². The summed E-state index contributed by atoms with van der Waals surface area (Å²) in [6, 6.07) is 13.6. The van der Waals surface area contributed by atoms with E-state index in [2.05, 4.69) is 29.0 Å². The molecule has 2 rings (SSSR count). The van der Waals surface area contributed by atoms with Gasteiger partial charge in [-0.1, -0.05) is 18.2 Å². The first kappa shape index (κ1) is 16.0. The molecule has 0 aliphatic rings. The maximum absolute atomic E-state index is 10.1. The largest absolute Gasteiger partial charge is 0.508 e. The standard InChI is InChI=1S/C18H23N3O/c1-4-21(5-2)17-10-9-15(18(22)12-17)13-19-20-16-8-6-7-14(3)11-16/h6-12,22H,4-5,13H2,1-3H3. The van der Waals surface area contributed by atoms with Crippen molar-refractivity contribution in [2.24, 2.45) is 10.2 Å². The molecule has 0 bridgehead atoms. The molecule has 4 nitrogen and oxygen atoms in total. The van der Waals surface area contributed by atoms with E-state index < -0.39 is 0 Å². The van der Waals surface area contributed by atoms with Crippen LogP contribution < -0.4 is 4.90 Å². The average molecular weight is 297 g/mol. The molecule has 0 fully saturated rings. The van der Waals surface area contributed by atoms with Gasteiger partial charge in [-0.2, -0.15) is 10.2 Å². The van der Waals surface area contributed by atoms with Gasteiger partial charge in [0.1, 0.15) is 5.75 Å². The van der Waals surface area contributed by atoms with E-state index in [9.17, 15) is 5.11 Å². The van der Waals surface area contributed by atoms with Crippen molar-refractivity contribution in [1.82, 2.24) is 0 Å². The molecular formula is C18H23N3O.